The number of amides is 1. The molecule has 1 N–H and O–H groups in total. The van der Waals surface area contributed by atoms with Crippen molar-refractivity contribution in [2.45, 2.75) is 20.1 Å². The van der Waals surface area contributed by atoms with E-state index in [4.69, 9.17) is 19.0 Å². The van der Waals surface area contributed by atoms with E-state index in [0.29, 0.717) is 25.5 Å². The van der Waals surface area contributed by atoms with Crippen LogP contribution in [0.2, 0.25) is 0 Å². The van der Waals surface area contributed by atoms with Gasteiger partial charge in [-0.2, -0.15) is 0 Å². The molecule has 7 nitrogen and oxygen atoms in total. The van der Waals surface area contributed by atoms with Gasteiger partial charge in [0.15, 0.2) is 0 Å². The minimum Gasteiger partial charge on any atom is -0.475 e. The van der Waals surface area contributed by atoms with Gasteiger partial charge in [-0.05, 0) is 24.6 Å². The van der Waals surface area contributed by atoms with Gasteiger partial charge in [-0.3, -0.25) is 4.90 Å². The molecule has 0 saturated carbocycles. The Morgan fingerprint density at radius 3 is 2.56 bits per heavy atom. The second-order valence-corrected chi connectivity index (χ2v) is 5.23. The Balaban J connectivity index is 1.97. The number of carbonyl (C=O) groups excluding carboxylic acids is 1. The van der Waals surface area contributed by atoms with Gasteiger partial charge in [-0.25, -0.2) is 9.59 Å². The van der Waals surface area contributed by atoms with Crippen LogP contribution in [0.15, 0.2) is 46.9 Å². The summed E-state index contributed by atoms with van der Waals surface area (Å²) in [7, 11) is 0. The van der Waals surface area contributed by atoms with Gasteiger partial charge in [-0.1, -0.05) is 30.3 Å². The molecule has 7 heteroatoms. The maximum absolute atomic E-state index is 12.3. The average molecular weight is 347 g/mol. The Morgan fingerprint density at radius 1 is 1.16 bits per heavy atom. The van der Waals surface area contributed by atoms with Crippen molar-refractivity contribution in [2.24, 2.45) is 0 Å². The van der Waals surface area contributed by atoms with E-state index >= 15 is 0 Å². The third kappa shape index (κ3) is 5.96. The zero-order valence-corrected chi connectivity index (χ0v) is 14.0. The first-order valence-electron chi connectivity index (χ1n) is 7.95. The number of nitrogens with zero attached hydrogens (tertiary/aromatic N) is 1. The summed E-state index contributed by atoms with van der Waals surface area (Å²) in [6.07, 6.45) is -0.517. The molecule has 0 fully saturated rings. The van der Waals surface area contributed by atoms with Crippen LogP contribution in [0.5, 0.6) is 0 Å². The predicted octanol–water partition coefficient (Wildman–Crippen LogP) is 3.15. The van der Waals surface area contributed by atoms with E-state index in [2.05, 4.69) is 0 Å². The van der Waals surface area contributed by atoms with Crippen LogP contribution >= 0.6 is 0 Å². The average Bonchev–Trinajstić information content (AvgIpc) is 3.09. The third-order valence-electron chi connectivity index (χ3n) is 3.39. The highest BCUT2D eigenvalue weighted by molar-refractivity contribution is 5.84. The van der Waals surface area contributed by atoms with Crippen LogP contribution < -0.4 is 0 Å². The number of rotatable bonds is 9. The predicted molar refractivity (Wildman–Crippen MR) is 89.2 cm³/mol. The second-order valence-electron chi connectivity index (χ2n) is 5.23. The Morgan fingerprint density at radius 2 is 1.92 bits per heavy atom. The lowest BCUT2D eigenvalue weighted by atomic mass is 10.2. The Labute approximate surface area is 145 Å². The largest absolute Gasteiger partial charge is 0.475 e. The maximum Gasteiger partial charge on any atom is 0.410 e. The zero-order chi connectivity index (χ0) is 18.1. The van der Waals surface area contributed by atoms with Gasteiger partial charge in [0, 0.05) is 13.2 Å². The molecule has 1 aromatic carbocycles. The second kappa shape index (κ2) is 9.48. The highest BCUT2D eigenvalue weighted by Gasteiger charge is 2.18. The summed E-state index contributed by atoms with van der Waals surface area (Å²) >= 11 is 0. The fourth-order valence-electron chi connectivity index (χ4n) is 2.13. The van der Waals surface area contributed by atoms with Crippen molar-refractivity contribution < 1.29 is 28.6 Å². The minimum absolute atomic E-state index is 0.105. The van der Waals surface area contributed by atoms with Crippen molar-refractivity contribution in [3.63, 3.8) is 0 Å². The SMILES string of the molecule is CCOCCN(Cc1ccc(C(=O)O)o1)C(=O)OCc1ccccc1. The van der Waals surface area contributed by atoms with Gasteiger partial charge in [0.05, 0.1) is 13.2 Å². The number of benzene rings is 1. The topological polar surface area (TPSA) is 89.2 Å². The molecule has 0 atom stereocenters. The standard InChI is InChI=1S/C18H21NO6/c1-2-23-11-10-19(12-15-8-9-16(25-15)17(20)21)18(22)24-13-14-6-4-3-5-7-14/h3-9H,2,10-13H2,1H3,(H,20,21). The number of hydrogen-bond acceptors (Lipinski definition) is 5. The molecule has 1 heterocycles. The lowest BCUT2D eigenvalue weighted by molar-refractivity contribution is 0.0642. The van der Waals surface area contributed by atoms with Crippen LogP contribution in [0, 0.1) is 0 Å². The summed E-state index contributed by atoms with van der Waals surface area (Å²) in [4.78, 5) is 24.7. The Bertz CT molecular complexity index is 682. The minimum atomic E-state index is -1.15. The van der Waals surface area contributed by atoms with Crippen LogP contribution in [-0.4, -0.2) is 41.8 Å². The van der Waals surface area contributed by atoms with Crippen molar-refractivity contribution in [2.75, 3.05) is 19.8 Å². The van der Waals surface area contributed by atoms with Gasteiger partial charge in [0.1, 0.15) is 12.4 Å². The lowest BCUT2D eigenvalue weighted by Crippen LogP contribution is -2.34. The number of hydrogen-bond donors (Lipinski definition) is 1. The first-order valence-corrected chi connectivity index (χ1v) is 7.95. The van der Waals surface area contributed by atoms with Crippen molar-refractivity contribution in [3.05, 3.63) is 59.5 Å². The molecule has 0 aliphatic heterocycles. The van der Waals surface area contributed by atoms with Crippen molar-refractivity contribution in [1.29, 1.82) is 0 Å². The van der Waals surface area contributed by atoms with Crippen LogP contribution in [0.1, 0.15) is 28.8 Å². The molecule has 0 radical (unpaired) electrons. The molecule has 134 valence electrons. The van der Waals surface area contributed by atoms with E-state index in [1.54, 1.807) is 0 Å². The number of aromatic carboxylic acids is 1. The normalized spacial score (nSPS) is 10.4. The first kappa shape index (κ1) is 18.5. The molecule has 2 rings (SSSR count). The van der Waals surface area contributed by atoms with E-state index in [-0.39, 0.29) is 18.9 Å². The molecule has 0 bridgehead atoms. The summed E-state index contributed by atoms with van der Waals surface area (Å²) < 4.78 is 15.8. The molecular weight excluding hydrogens is 326 g/mol. The number of carbonyl (C=O) groups is 2. The molecule has 0 saturated heterocycles. The van der Waals surface area contributed by atoms with Crippen LogP contribution in [0.25, 0.3) is 0 Å². The van der Waals surface area contributed by atoms with Gasteiger partial charge < -0.3 is 19.0 Å². The highest BCUT2D eigenvalue weighted by atomic mass is 16.6. The Kier molecular flexibility index (Phi) is 7.03. The highest BCUT2D eigenvalue weighted by Crippen LogP contribution is 2.12. The van der Waals surface area contributed by atoms with E-state index in [9.17, 15) is 9.59 Å². The molecule has 1 aromatic heterocycles. The maximum atomic E-state index is 12.3. The number of carboxylic acid groups (broad SMARTS) is 1. The molecule has 1 amide bonds. The van der Waals surface area contributed by atoms with E-state index in [1.807, 2.05) is 37.3 Å². The van der Waals surface area contributed by atoms with Crippen LogP contribution in [0.3, 0.4) is 0 Å². The lowest BCUT2D eigenvalue weighted by Gasteiger charge is -2.21. The smallest absolute Gasteiger partial charge is 0.410 e. The van der Waals surface area contributed by atoms with Crippen molar-refractivity contribution in [3.8, 4) is 0 Å². The third-order valence-corrected chi connectivity index (χ3v) is 3.39. The van der Waals surface area contributed by atoms with Gasteiger partial charge >= 0.3 is 12.1 Å². The molecule has 0 aliphatic carbocycles. The molecule has 2 aromatic rings. The summed E-state index contributed by atoms with van der Waals surface area (Å²) in [6, 6.07) is 12.2. The van der Waals surface area contributed by atoms with Crippen molar-refractivity contribution >= 4 is 12.1 Å². The first-order chi connectivity index (χ1) is 12.1. The zero-order valence-electron chi connectivity index (χ0n) is 14.0. The summed E-state index contributed by atoms with van der Waals surface area (Å²) in [5.41, 5.74) is 0.881. The van der Waals surface area contributed by atoms with E-state index in [0.717, 1.165) is 5.56 Å². The molecule has 0 aliphatic rings. The fourth-order valence-corrected chi connectivity index (χ4v) is 2.13. The van der Waals surface area contributed by atoms with Gasteiger partial charge in [0.25, 0.3) is 0 Å². The molecular formula is C18H21NO6. The molecule has 0 unspecified atom stereocenters. The molecule has 0 spiro atoms. The number of furan rings is 1. The quantitative estimate of drug-likeness (QED) is 0.701. The van der Waals surface area contributed by atoms with Crippen LogP contribution in [0.4, 0.5) is 4.79 Å². The monoisotopic (exact) mass is 347 g/mol. The summed E-state index contributed by atoms with van der Waals surface area (Å²) in [6.45, 7) is 3.33. The Hall–Kier alpha value is -2.80. The molecule has 25 heavy (non-hydrogen) atoms. The van der Waals surface area contributed by atoms with Crippen molar-refractivity contribution in [1.82, 2.24) is 4.90 Å². The fraction of sp³-hybridized carbons (Fsp3) is 0.333. The van der Waals surface area contributed by atoms with Crippen LogP contribution in [-0.2, 0) is 22.6 Å². The van der Waals surface area contributed by atoms with Gasteiger partial charge in [0.2, 0.25) is 5.76 Å². The van der Waals surface area contributed by atoms with E-state index in [1.165, 1.54) is 17.0 Å². The van der Waals surface area contributed by atoms with E-state index < -0.39 is 12.1 Å². The van der Waals surface area contributed by atoms with Gasteiger partial charge in [-0.15, -0.1) is 0 Å². The number of ether oxygens (including phenoxy) is 2. The summed E-state index contributed by atoms with van der Waals surface area (Å²) in [5, 5.41) is 8.91. The summed E-state index contributed by atoms with van der Waals surface area (Å²) in [5.74, 6) is -0.957. The number of carboxylic acids is 1.